The fourth-order valence-electron chi connectivity index (χ4n) is 2.70. The Labute approximate surface area is 117 Å². The first-order valence-electron chi connectivity index (χ1n) is 6.27. The molecule has 1 aliphatic carbocycles. The molecule has 3 nitrogen and oxygen atoms in total. The first-order chi connectivity index (χ1) is 8.57. The van der Waals surface area contributed by atoms with Crippen LogP contribution in [0, 0.1) is 5.41 Å². The molecule has 0 atom stereocenters. The third-order valence-electron chi connectivity index (χ3n) is 3.77. The first kappa shape index (κ1) is 13.8. The van der Waals surface area contributed by atoms with Gasteiger partial charge in [-0.1, -0.05) is 24.4 Å². The molecule has 1 aliphatic rings. The third-order valence-corrected chi connectivity index (χ3v) is 4.99. The highest BCUT2D eigenvalue weighted by molar-refractivity contribution is 7.16. The van der Waals surface area contributed by atoms with E-state index in [1.165, 1.54) is 11.3 Å². The predicted octanol–water partition coefficient (Wildman–Crippen LogP) is 2.88. The van der Waals surface area contributed by atoms with Gasteiger partial charge >= 0.3 is 0 Å². The second-order valence-electron chi connectivity index (χ2n) is 5.06. The second-order valence-corrected chi connectivity index (χ2v) is 6.86. The first-order valence-corrected chi connectivity index (χ1v) is 7.47. The summed E-state index contributed by atoms with van der Waals surface area (Å²) in [7, 11) is 1.85. The summed E-state index contributed by atoms with van der Waals surface area (Å²) in [4.78, 5) is 15.4. The molecule has 0 spiro atoms. The van der Waals surface area contributed by atoms with Crippen LogP contribution in [0.3, 0.4) is 0 Å². The molecule has 0 unspecified atom stereocenters. The normalized spacial score (nSPS) is 17.9. The summed E-state index contributed by atoms with van der Waals surface area (Å²) in [6, 6.07) is 3.84. The number of hydrogen-bond donors (Lipinski definition) is 1. The molecule has 1 aromatic rings. The van der Waals surface area contributed by atoms with Gasteiger partial charge in [0.05, 0.1) is 16.3 Å². The van der Waals surface area contributed by atoms with E-state index in [1.54, 1.807) is 4.90 Å². The van der Waals surface area contributed by atoms with Crippen molar-refractivity contribution in [2.45, 2.75) is 32.2 Å². The molecule has 1 amide bonds. The van der Waals surface area contributed by atoms with Crippen LogP contribution in [0.1, 0.15) is 30.6 Å². The van der Waals surface area contributed by atoms with E-state index in [9.17, 15) is 4.79 Å². The largest absolute Gasteiger partial charge is 0.340 e. The van der Waals surface area contributed by atoms with Crippen molar-refractivity contribution in [3.63, 3.8) is 0 Å². The fraction of sp³-hybridized carbons (Fsp3) is 0.615. The highest BCUT2D eigenvalue weighted by atomic mass is 35.5. The second kappa shape index (κ2) is 5.59. The van der Waals surface area contributed by atoms with Gasteiger partial charge in [0.1, 0.15) is 0 Å². The lowest BCUT2D eigenvalue weighted by Crippen LogP contribution is -2.44. The summed E-state index contributed by atoms with van der Waals surface area (Å²) in [6.07, 6.45) is 4.08. The van der Waals surface area contributed by atoms with Gasteiger partial charge in [0.2, 0.25) is 5.91 Å². The minimum absolute atomic E-state index is 0.187. The van der Waals surface area contributed by atoms with E-state index in [4.69, 9.17) is 17.3 Å². The van der Waals surface area contributed by atoms with Crippen molar-refractivity contribution in [2.75, 3.05) is 13.6 Å². The van der Waals surface area contributed by atoms with Gasteiger partial charge in [-0.2, -0.15) is 0 Å². The highest BCUT2D eigenvalue weighted by Crippen LogP contribution is 2.39. The molecular weight excluding hydrogens is 268 g/mol. The van der Waals surface area contributed by atoms with Crippen molar-refractivity contribution in [1.29, 1.82) is 0 Å². The summed E-state index contributed by atoms with van der Waals surface area (Å²) < 4.78 is 0.764. The molecule has 0 bridgehead atoms. The lowest BCUT2D eigenvalue weighted by Gasteiger charge is -2.31. The van der Waals surface area contributed by atoms with E-state index >= 15 is 0 Å². The van der Waals surface area contributed by atoms with E-state index in [0.717, 1.165) is 34.9 Å². The Morgan fingerprint density at radius 3 is 2.67 bits per heavy atom. The highest BCUT2D eigenvalue weighted by Gasteiger charge is 2.41. The van der Waals surface area contributed by atoms with Gasteiger partial charge in [-0.25, -0.2) is 0 Å². The number of amides is 1. The van der Waals surface area contributed by atoms with Gasteiger partial charge in [0, 0.05) is 18.5 Å². The van der Waals surface area contributed by atoms with E-state index < -0.39 is 0 Å². The molecule has 0 aliphatic heterocycles. The van der Waals surface area contributed by atoms with E-state index in [1.807, 2.05) is 19.2 Å². The zero-order valence-electron chi connectivity index (χ0n) is 10.6. The van der Waals surface area contributed by atoms with E-state index in [0.29, 0.717) is 13.1 Å². The van der Waals surface area contributed by atoms with Gasteiger partial charge in [-0.15, -0.1) is 11.3 Å². The van der Waals surface area contributed by atoms with Crippen LogP contribution in [0.2, 0.25) is 4.34 Å². The van der Waals surface area contributed by atoms with Gasteiger partial charge < -0.3 is 10.6 Å². The van der Waals surface area contributed by atoms with Crippen molar-refractivity contribution in [1.82, 2.24) is 4.90 Å². The van der Waals surface area contributed by atoms with Gasteiger partial charge in [-0.05, 0) is 25.0 Å². The topological polar surface area (TPSA) is 46.3 Å². The Kier molecular flexibility index (Phi) is 4.30. The lowest BCUT2D eigenvalue weighted by atomic mass is 9.85. The Bertz CT molecular complexity index is 426. The van der Waals surface area contributed by atoms with Gasteiger partial charge in [0.15, 0.2) is 0 Å². The number of carbonyl (C=O) groups excluding carboxylic acids is 1. The quantitative estimate of drug-likeness (QED) is 0.925. The summed E-state index contributed by atoms with van der Waals surface area (Å²) in [5.41, 5.74) is 5.53. The summed E-state index contributed by atoms with van der Waals surface area (Å²) in [6.45, 7) is 1.08. The summed E-state index contributed by atoms with van der Waals surface area (Å²) in [5.74, 6) is 0.187. The van der Waals surface area contributed by atoms with E-state index in [2.05, 4.69) is 0 Å². The van der Waals surface area contributed by atoms with E-state index in [-0.39, 0.29) is 11.3 Å². The number of hydrogen-bond acceptors (Lipinski definition) is 3. The Balaban J connectivity index is 2.04. The third kappa shape index (κ3) is 2.71. The number of carbonyl (C=O) groups is 1. The standard InChI is InChI=1S/C13H19ClN2OS/c1-16(8-10-4-5-11(14)18-10)12(17)13(9-15)6-2-3-7-13/h4-5H,2-3,6-9,15H2,1H3. The lowest BCUT2D eigenvalue weighted by molar-refractivity contribution is -0.140. The van der Waals surface area contributed by atoms with Crippen LogP contribution in [0.5, 0.6) is 0 Å². The van der Waals surface area contributed by atoms with Crippen LogP contribution in [0.15, 0.2) is 12.1 Å². The minimum atomic E-state index is -0.310. The maximum absolute atomic E-state index is 12.5. The molecule has 1 aromatic heterocycles. The van der Waals surface area contributed by atoms with Crippen LogP contribution < -0.4 is 5.73 Å². The van der Waals surface area contributed by atoms with Crippen molar-refractivity contribution < 1.29 is 4.79 Å². The molecule has 0 radical (unpaired) electrons. The number of rotatable bonds is 4. The zero-order chi connectivity index (χ0) is 13.2. The molecule has 5 heteroatoms. The van der Waals surface area contributed by atoms with Crippen molar-refractivity contribution in [3.05, 3.63) is 21.3 Å². The maximum atomic E-state index is 12.5. The number of nitrogens with two attached hydrogens (primary N) is 1. The summed E-state index contributed by atoms with van der Waals surface area (Å²) in [5, 5.41) is 0. The van der Waals surface area contributed by atoms with Crippen LogP contribution >= 0.6 is 22.9 Å². The molecule has 2 rings (SSSR count). The SMILES string of the molecule is CN(Cc1ccc(Cl)s1)C(=O)C1(CN)CCCC1. The minimum Gasteiger partial charge on any atom is -0.340 e. The van der Waals surface area contributed by atoms with Crippen molar-refractivity contribution in [3.8, 4) is 0 Å². The molecule has 1 saturated carbocycles. The molecule has 1 fully saturated rings. The Morgan fingerprint density at radius 2 is 2.17 bits per heavy atom. The van der Waals surface area contributed by atoms with Crippen LogP contribution in [-0.4, -0.2) is 24.4 Å². The maximum Gasteiger partial charge on any atom is 0.230 e. The number of nitrogens with zero attached hydrogens (tertiary/aromatic N) is 1. The van der Waals surface area contributed by atoms with Crippen molar-refractivity contribution >= 4 is 28.8 Å². The molecule has 100 valence electrons. The number of thiophene rings is 1. The fourth-order valence-corrected chi connectivity index (χ4v) is 3.85. The summed E-state index contributed by atoms with van der Waals surface area (Å²) >= 11 is 7.42. The Hall–Kier alpha value is -0.580. The zero-order valence-corrected chi connectivity index (χ0v) is 12.2. The molecule has 1 heterocycles. The van der Waals surface area contributed by atoms with Crippen LogP contribution in [0.4, 0.5) is 0 Å². The van der Waals surface area contributed by atoms with Crippen LogP contribution in [0.25, 0.3) is 0 Å². The van der Waals surface area contributed by atoms with Crippen molar-refractivity contribution in [2.24, 2.45) is 11.1 Å². The molecule has 0 saturated heterocycles. The molecule has 2 N–H and O–H groups in total. The van der Waals surface area contributed by atoms with Gasteiger partial charge in [-0.3, -0.25) is 4.79 Å². The average molecular weight is 287 g/mol. The average Bonchev–Trinajstić information content (AvgIpc) is 2.98. The molecule has 0 aromatic carbocycles. The number of halogens is 1. The molecular formula is C13H19ClN2OS. The van der Waals surface area contributed by atoms with Crippen LogP contribution in [-0.2, 0) is 11.3 Å². The molecule has 18 heavy (non-hydrogen) atoms. The van der Waals surface area contributed by atoms with Gasteiger partial charge in [0.25, 0.3) is 0 Å². The Morgan fingerprint density at radius 1 is 1.50 bits per heavy atom. The smallest absolute Gasteiger partial charge is 0.230 e. The monoisotopic (exact) mass is 286 g/mol. The predicted molar refractivity (Wildman–Crippen MR) is 75.8 cm³/mol.